The highest BCUT2D eigenvalue weighted by atomic mass is 16.1. The number of pyridine rings is 1. The first-order valence-corrected chi connectivity index (χ1v) is 6.89. The molecule has 5 nitrogen and oxygen atoms in total. The van der Waals surface area contributed by atoms with E-state index in [9.17, 15) is 4.79 Å². The summed E-state index contributed by atoms with van der Waals surface area (Å²) >= 11 is 0. The van der Waals surface area contributed by atoms with E-state index in [0.29, 0.717) is 5.69 Å². The number of aryl methyl sites for hydroxylation is 3. The Bertz CT molecular complexity index is 647. The Kier molecular flexibility index (Phi) is 3.26. The van der Waals surface area contributed by atoms with E-state index in [-0.39, 0.29) is 11.9 Å². The van der Waals surface area contributed by atoms with Crippen LogP contribution in [0.2, 0.25) is 0 Å². The number of hydrogen-bond donors (Lipinski definition) is 1. The summed E-state index contributed by atoms with van der Waals surface area (Å²) in [5, 5.41) is 3.06. The lowest BCUT2D eigenvalue weighted by Gasteiger charge is -2.24. The molecule has 0 aromatic carbocycles. The molecule has 0 saturated heterocycles. The Morgan fingerprint density at radius 3 is 2.95 bits per heavy atom. The van der Waals surface area contributed by atoms with Crippen LogP contribution in [0.1, 0.15) is 34.1 Å². The molecule has 0 bridgehead atoms. The summed E-state index contributed by atoms with van der Waals surface area (Å²) in [6.45, 7) is 4.67. The standard InChI is InChI=1S/C15H18N4O/c1-10-4-3-5-13(16-10)15(20)18-12-6-7-14-17-11(2)8-19(14)9-12/h3-5,8,12H,6-7,9H2,1-2H3,(H,18,20). The van der Waals surface area contributed by atoms with Crippen molar-refractivity contribution in [1.29, 1.82) is 0 Å². The molecule has 1 atom stereocenters. The third-order valence-electron chi connectivity index (χ3n) is 3.57. The molecule has 2 aromatic heterocycles. The second-order valence-corrected chi connectivity index (χ2v) is 5.32. The molecule has 104 valence electrons. The molecule has 0 spiro atoms. The Balaban J connectivity index is 1.69. The Labute approximate surface area is 118 Å². The first-order valence-electron chi connectivity index (χ1n) is 6.89. The molecule has 0 radical (unpaired) electrons. The van der Waals surface area contributed by atoms with Gasteiger partial charge in [-0.25, -0.2) is 9.97 Å². The third kappa shape index (κ3) is 2.57. The summed E-state index contributed by atoms with van der Waals surface area (Å²) in [6, 6.07) is 5.64. The van der Waals surface area contributed by atoms with E-state index in [1.54, 1.807) is 6.07 Å². The SMILES string of the molecule is Cc1cccc(C(=O)NC2CCc3nc(C)cn3C2)n1. The van der Waals surface area contributed by atoms with Crippen LogP contribution in [0.25, 0.3) is 0 Å². The third-order valence-corrected chi connectivity index (χ3v) is 3.57. The maximum Gasteiger partial charge on any atom is 0.270 e. The molecular weight excluding hydrogens is 252 g/mol. The van der Waals surface area contributed by atoms with E-state index in [1.807, 2.05) is 32.2 Å². The lowest BCUT2D eigenvalue weighted by molar-refractivity contribution is 0.0922. The predicted octanol–water partition coefficient (Wildman–Crippen LogP) is 1.64. The van der Waals surface area contributed by atoms with Crippen molar-refractivity contribution < 1.29 is 4.79 Å². The van der Waals surface area contributed by atoms with Crippen molar-refractivity contribution in [3.8, 4) is 0 Å². The average molecular weight is 270 g/mol. The second-order valence-electron chi connectivity index (χ2n) is 5.32. The minimum absolute atomic E-state index is 0.0982. The van der Waals surface area contributed by atoms with E-state index in [4.69, 9.17) is 0 Å². The molecule has 5 heteroatoms. The molecule has 1 unspecified atom stereocenters. The van der Waals surface area contributed by atoms with Crippen LogP contribution in [0.3, 0.4) is 0 Å². The van der Waals surface area contributed by atoms with Gasteiger partial charge >= 0.3 is 0 Å². The minimum atomic E-state index is -0.0982. The highest BCUT2D eigenvalue weighted by Crippen LogP contribution is 2.15. The summed E-state index contributed by atoms with van der Waals surface area (Å²) in [6.07, 6.45) is 3.87. The largest absolute Gasteiger partial charge is 0.346 e. The predicted molar refractivity (Wildman–Crippen MR) is 75.5 cm³/mol. The number of carbonyl (C=O) groups excluding carboxylic acids is 1. The summed E-state index contributed by atoms with van der Waals surface area (Å²) in [5.74, 6) is 1.01. The summed E-state index contributed by atoms with van der Waals surface area (Å²) < 4.78 is 2.13. The number of imidazole rings is 1. The van der Waals surface area contributed by atoms with E-state index >= 15 is 0 Å². The van der Waals surface area contributed by atoms with Crippen molar-refractivity contribution in [3.05, 3.63) is 47.3 Å². The summed E-state index contributed by atoms with van der Waals surface area (Å²) in [7, 11) is 0. The fourth-order valence-electron chi connectivity index (χ4n) is 2.63. The van der Waals surface area contributed by atoms with Crippen LogP contribution in [-0.2, 0) is 13.0 Å². The van der Waals surface area contributed by atoms with Gasteiger partial charge in [0.25, 0.3) is 5.91 Å². The molecule has 1 aliphatic rings. The summed E-state index contributed by atoms with van der Waals surface area (Å²) in [4.78, 5) is 20.9. The normalized spacial score (nSPS) is 17.6. The zero-order valence-electron chi connectivity index (χ0n) is 11.8. The van der Waals surface area contributed by atoms with Crippen molar-refractivity contribution >= 4 is 5.91 Å². The topological polar surface area (TPSA) is 59.8 Å². The highest BCUT2D eigenvalue weighted by Gasteiger charge is 2.21. The lowest BCUT2D eigenvalue weighted by atomic mass is 10.1. The van der Waals surface area contributed by atoms with Gasteiger partial charge in [-0.1, -0.05) is 6.07 Å². The molecule has 1 N–H and O–H groups in total. The van der Waals surface area contributed by atoms with Gasteiger partial charge in [0.05, 0.1) is 5.69 Å². The van der Waals surface area contributed by atoms with Crippen molar-refractivity contribution in [2.45, 2.75) is 39.3 Å². The average Bonchev–Trinajstić information content (AvgIpc) is 2.78. The van der Waals surface area contributed by atoms with Crippen LogP contribution in [0, 0.1) is 13.8 Å². The number of aromatic nitrogens is 3. The van der Waals surface area contributed by atoms with Gasteiger partial charge in [0.15, 0.2) is 0 Å². The van der Waals surface area contributed by atoms with Crippen molar-refractivity contribution in [3.63, 3.8) is 0 Å². The Morgan fingerprint density at radius 2 is 2.15 bits per heavy atom. The number of fused-ring (bicyclic) bond motifs is 1. The van der Waals surface area contributed by atoms with Gasteiger partial charge in [-0.2, -0.15) is 0 Å². The van der Waals surface area contributed by atoms with Crippen molar-refractivity contribution in [2.24, 2.45) is 0 Å². The molecule has 0 fully saturated rings. The lowest BCUT2D eigenvalue weighted by Crippen LogP contribution is -2.41. The molecular formula is C15H18N4O. The van der Waals surface area contributed by atoms with Crippen LogP contribution in [-0.4, -0.2) is 26.5 Å². The van der Waals surface area contributed by atoms with Gasteiger partial charge in [0.1, 0.15) is 11.5 Å². The molecule has 1 amide bonds. The number of amides is 1. The van der Waals surface area contributed by atoms with Gasteiger partial charge in [-0.05, 0) is 32.4 Å². The van der Waals surface area contributed by atoms with Crippen molar-refractivity contribution in [1.82, 2.24) is 19.9 Å². The van der Waals surface area contributed by atoms with Gasteiger partial charge in [0, 0.05) is 30.9 Å². The molecule has 2 aromatic rings. The smallest absolute Gasteiger partial charge is 0.270 e. The fraction of sp³-hybridized carbons (Fsp3) is 0.400. The van der Waals surface area contributed by atoms with E-state index in [1.165, 1.54) is 0 Å². The van der Waals surface area contributed by atoms with Gasteiger partial charge < -0.3 is 9.88 Å². The van der Waals surface area contributed by atoms with Gasteiger partial charge in [-0.15, -0.1) is 0 Å². The van der Waals surface area contributed by atoms with Crippen LogP contribution < -0.4 is 5.32 Å². The number of rotatable bonds is 2. The zero-order chi connectivity index (χ0) is 14.1. The first-order chi connectivity index (χ1) is 9.61. The molecule has 0 aliphatic carbocycles. The van der Waals surface area contributed by atoms with E-state index in [0.717, 1.165) is 36.6 Å². The second kappa shape index (κ2) is 5.07. The van der Waals surface area contributed by atoms with Gasteiger partial charge in [0.2, 0.25) is 0 Å². The quantitative estimate of drug-likeness (QED) is 0.902. The molecule has 3 rings (SSSR count). The van der Waals surface area contributed by atoms with Crippen LogP contribution in [0.4, 0.5) is 0 Å². The number of hydrogen-bond acceptors (Lipinski definition) is 3. The molecule has 1 aliphatic heterocycles. The number of nitrogens with one attached hydrogen (secondary N) is 1. The highest BCUT2D eigenvalue weighted by molar-refractivity contribution is 5.92. The van der Waals surface area contributed by atoms with Gasteiger partial charge in [-0.3, -0.25) is 4.79 Å². The monoisotopic (exact) mass is 270 g/mol. The zero-order valence-corrected chi connectivity index (χ0v) is 11.8. The number of nitrogens with zero attached hydrogens (tertiary/aromatic N) is 3. The fourth-order valence-corrected chi connectivity index (χ4v) is 2.63. The van der Waals surface area contributed by atoms with Crippen LogP contribution >= 0.6 is 0 Å². The van der Waals surface area contributed by atoms with Crippen molar-refractivity contribution in [2.75, 3.05) is 0 Å². The summed E-state index contributed by atoms with van der Waals surface area (Å²) in [5.41, 5.74) is 2.37. The molecule has 3 heterocycles. The van der Waals surface area contributed by atoms with Crippen LogP contribution in [0.15, 0.2) is 24.4 Å². The maximum atomic E-state index is 12.2. The molecule has 0 saturated carbocycles. The Hall–Kier alpha value is -2.17. The molecule has 20 heavy (non-hydrogen) atoms. The number of carbonyl (C=O) groups is 1. The maximum absolute atomic E-state index is 12.2. The minimum Gasteiger partial charge on any atom is -0.346 e. The van der Waals surface area contributed by atoms with E-state index < -0.39 is 0 Å². The van der Waals surface area contributed by atoms with E-state index in [2.05, 4.69) is 19.9 Å². The van der Waals surface area contributed by atoms with Crippen LogP contribution in [0.5, 0.6) is 0 Å². The Morgan fingerprint density at radius 1 is 1.30 bits per heavy atom. The first kappa shape index (κ1) is 12.8.